The quantitative estimate of drug-likeness (QED) is 0.373. The molecular weight excluding hydrogens is 220 g/mol. The zero-order chi connectivity index (χ0) is 13.1. The van der Waals surface area contributed by atoms with Gasteiger partial charge in [0.1, 0.15) is 0 Å². The highest BCUT2D eigenvalue weighted by molar-refractivity contribution is 5.95. The van der Waals surface area contributed by atoms with Crippen LogP contribution in [0.2, 0.25) is 0 Å². The number of hydrogen-bond acceptors (Lipinski definition) is 4. The number of ether oxygens (including phenoxy) is 2. The molecule has 0 fully saturated rings. The maximum absolute atomic E-state index is 11.4. The van der Waals surface area contributed by atoms with Gasteiger partial charge in [-0.2, -0.15) is 0 Å². The zero-order valence-electron chi connectivity index (χ0n) is 11.0. The molecule has 0 spiro atoms. The second-order valence-electron chi connectivity index (χ2n) is 3.84. The summed E-state index contributed by atoms with van der Waals surface area (Å²) in [7, 11) is 0. The number of rotatable bonds is 8. The Morgan fingerprint density at radius 1 is 1.00 bits per heavy atom. The Kier molecular flexibility index (Phi) is 9.11. The summed E-state index contributed by atoms with van der Waals surface area (Å²) in [6.07, 6.45) is 4.79. The molecule has 0 aliphatic heterocycles. The fourth-order valence-electron chi connectivity index (χ4n) is 1.02. The van der Waals surface area contributed by atoms with Crippen molar-refractivity contribution in [1.29, 1.82) is 0 Å². The highest BCUT2D eigenvalue weighted by Gasteiger charge is 2.08. The normalized spacial score (nSPS) is 11.1. The summed E-state index contributed by atoms with van der Waals surface area (Å²) in [5.41, 5.74) is 0.280. The SMILES string of the molecule is CCCCOC(=O)C=C(C)C(=O)OCCCC. The first-order valence-electron chi connectivity index (χ1n) is 6.14. The Labute approximate surface area is 103 Å². The van der Waals surface area contributed by atoms with Crippen LogP contribution in [0.4, 0.5) is 0 Å². The molecule has 0 saturated heterocycles. The Morgan fingerprint density at radius 3 is 2.06 bits per heavy atom. The summed E-state index contributed by atoms with van der Waals surface area (Å²) < 4.78 is 9.86. The van der Waals surface area contributed by atoms with Gasteiger partial charge in [0.25, 0.3) is 0 Å². The highest BCUT2D eigenvalue weighted by atomic mass is 16.5. The predicted molar refractivity (Wildman–Crippen MR) is 65.5 cm³/mol. The van der Waals surface area contributed by atoms with Crippen molar-refractivity contribution >= 4 is 11.9 Å². The van der Waals surface area contributed by atoms with Crippen LogP contribution in [0.1, 0.15) is 46.5 Å². The Hall–Kier alpha value is -1.32. The van der Waals surface area contributed by atoms with Gasteiger partial charge in [-0.15, -0.1) is 0 Å². The maximum atomic E-state index is 11.4. The summed E-state index contributed by atoms with van der Waals surface area (Å²) in [5, 5.41) is 0. The second kappa shape index (κ2) is 9.87. The van der Waals surface area contributed by atoms with E-state index in [9.17, 15) is 9.59 Å². The second-order valence-corrected chi connectivity index (χ2v) is 3.84. The molecule has 0 N–H and O–H groups in total. The van der Waals surface area contributed by atoms with E-state index >= 15 is 0 Å². The van der Waals surface area contributed by atoms with Crippen LogP contribution >= 0.6 is 0 Å². The van der Waals surface area contributed by atoms with Gasteiger partial charge >= 0.3 is 11.9 Å². The molecule has 17 heavy (non-hydrogen) atoms. The molecule has 0 unspecified atom stereocenters. The zero-order valence-corrected chi connectivity index (χ0v) is 11.0. The van der Waals surface area contributed by atoms with Crippen LogP contribution in [0.15, 0.2) is 11.6 Å². The minimum absolute atomic E-state index is 0.280. The lowest BCUT2D eigenvalue weighted by molar-refractivity contribution is -0.141. The van der Waals surface area contributed by atoms with Gasteiger partial charge in [-0.1, -0.05) is 26.7 Å². The van der Waals surface area contributed by atoms with Crippen LogP contribution < -0.4 is 0 Å². The van der Waals surface area contributed by atoms with Crippen LogP contribution in [0.25, 0.3) is 0 Å². The average molecular weight is 242 g/mol. The molecule has 0 aromatic heterocycles. The fourth-order valence-corrected chi connectivity index (χ4v) is 1.02. The van der Waals surface area contributed by atoms with Crippen molar-refractivity contribution < 1.29 is 19.1 Å². The molecular formula is C13H22O4. The van der Waals surface area contributed by atoms with Crippen molar-refractivity contribution in [1.82, 2.24) is 0 Å². The molecule has 0 rings (SSSR count). The number of carbonyl (C=O) groups excluding carboxylic acids is 2. The average Bonchev–Trinajstić information content (AvgIpc) is 2.29. The molecule has 0 aromatic rings. The summed E-state index contributed by atoms with van der Waals surface area (Å²) >= 11 is 0. The lowest BCUT2D eigenvalue weighted by Gasteiger charge is -2.04. The van der Waals surface area contributed by atoms with Crippen molar-refractivity contribution in [2.75, 3.05) is 13.2 Å². The van der Waals surface area contributed by atoms with Crippen molar-refractivity contribution in [3.63, 3.8) is 0 Å². The molecule has 0 heterocycles. The molecule has 0 radical (unpaired) electrons. The maximum Gasteiger partial charge on any atom is 0.333 e. The van der Waals surface area contributed by atoms with E-state index < -0.39 is 11.9 Å². The minimum atomic E-state index is -0.483. The predicted octanol–water partition coefficient (Wildman–Crippen LogP) is 2.62. The number of carbonyl (C=O) groups is 2. The third-order valence-corrected chi connectivity index (χ3v) is 2.13. The largest absolute Gasteiger partial charge is 0.463 e. The van der Waals surface area contributed by atoms with Crippen molar-refractivity contribution in [2.45, 2.75) is 46.5 Å². The van der Waals surface area contributed by atoms with E-state index in [2.05, 4.69) is 0 Å². The van der Waals surface area contributed by atoms with Gasteiger partial charge < -0.3 is 9.47 Å². The molecule has 4 nitrogen and oxygen atoms in total. The lowest BCUT2D eigenvalue weighted by Crippen LogP contribution is -2.10. The van der Waals surface area contributed by atoms with Crippen molar-refractivity contribution in [3.8, 4) is 0 Å². The minimum Gasteiger partial charge on any atom is -0.463 e. The van der Waals surface area contributed by atoms with Gasteiger partial charge in [0.15, 0.2) is 0 Å². The van der Waals surface area contributed by atoms with Gasteiger partial charge in [0.05, 0.1) is 13.2 Å². The van der Waals surface area contributed by atoms with Crippen LogP contribution in [0.3, 0.4) is 0 Å². The van der Waals surface area contributed by atoms with Crippen LogP contribution in [0.5, 0.6) is 0 Å². The van der Waals surface area contributed by atoms with E-state index in [1.54, 1.807) is 6.92 Å². The van der Waals surface area contributed by atoms with E-state index in [-0.39, 0.29) is 5.57 Å². The number of hydrogen-bond donors (Lipinski definition) is 0. The van der Waals surface area contributed by atoms with Crippen molar-refractivity contribution in [3.05, 3.63) is 11.6 Å². The molecule has 0 bridgehead atoms. The van der Waals surface area contributed by atoms with Gasteiger partial charge in [-0.3, -0.25) is 0 Å². The first-order valence-corrected chi connectivity index (χ1v) is 6.14. The van der Waals surface area contributed by atoms with Crippen LogP contribution in [-0.4, -0.2) is 25.2 Å². The molecule has 0 amide bonds. The first kappa shape index (κ1) is 15.7. The van der Waals surface area contributed by atoms with Gasteiger partial charge in [0, 0.05) is 11.6 Å². The molecule has 0 atom stereocenters. The van der Waals surface area contributed by atoms with Gasteiger partial charge in [-0.25, -0.2) is 9.59 Å². The number of unbranched alkanes of at least 4 members (excludes halogenated alkanes) is 2. The van der Waals surface area contributed by atoms with E-state index in [0.29, 0.717) is 13.2 Å². The highest BCUT2D eigenvalue weighted by Crippen LogP contribution is 2.00. The molecule has 0 saturated carbocycles. The topological polar surface area (TPSA) is 52.6 Å². The summed E-state index contributed by atoms with van der Waals surface area (Å²) in [5.74, 6) is -0.936. The molecule has 0 aliphatic carbocycles. The van der Waals surface area contributed by atoms with E-state index in [4.69, 9.17) is 9.47 Å². The Balaban J connectivity index is 3.96. The molecule has 0 aliphatic rings. The fraction of sp³-hybridized carbons (Fsp3) is 0.692. The molecule has 98 valence electrons. The Morgan fingerprint density at radius 2 is 1.53 bits per heavy atom. The molecule has 0 aromatic carbocycles. The van der Waals surface area contributed by atoms with Crippen LogP contribution in [-0.2, 0) is 19.1 Å². The van der Waals surface area contributed by atoms with Gasteiger partial charge in [-0.05, 0) is 19.8 Å². The van der Waals surface area contributed by atoms with E-state index in [1.165, 1.54) is 6.08 Å². The summed E-state index contributed by atoms with van der Waals surface area (Å²) in [6, 6.07) is 0. The van der Waals surface area contributed by atoms with Crippen LogP contribution in [0, 0.1) is 0 Å². The molecule has 4 heteroatoms. The number of esters is 2. The van der Waals surface area contributed by atoms with E-state index in [1.807, 2.05) is 13.8 Å². The third-order valence-electron chi connectivity index (χ3n) is 2.13. The lowest BCUT2D eigenvalue weighted by atomic mass is 10.3. The standard InChI is InChI=1S/C13H22O4/c1-4-6-8-16-12(14)10-11(3)13(15)17-9-7-5-2/h10H,4-9H2,1-3H3. The van der Waals surface area contributed by atoms with Crippen molar-refractivity contribution in [2.24, 2.45) is 0 Å². The van der Waals surface area contributed by atoms with E-state index in [0.717, 1.165) is 25.7 Å². The third kappa shape index (κ3) is 8.48. The monoisotopic (exact) mass is 242 g/mol. The summed E-state index contributed by atoms with van der Waals surface area (Å²) in [4.78, 5) is 22.6. The van der Waals surface area contributed by atoms with Gasteiger partial charge in [0.2, 0.25) is 0 Å². The summed E-state index contributed by atoms with van der Waals surface area (Å²) in [6.45, 7) is 6.37. The first-order chi connectivity index (χ1) is 8.11. The smallest absolute Gasteiger partial charge is 0.333 e. The Bertz CT molecular complexity index is 269.